The smallest absolute Gasteiger partial charge is 0.191 e. The molecule has 32 heavy (non-hydrogen) atoms. The number of nitrogens with zero attached hydrogens (tertiary/aromatic N) is 3. The molecule has 0 atom stereocenters. The lowest BCUT2D eigenvalue weighted by atomic mass is 10.1. The van der Waals surface area contributed by atoms with E-state index in [1.54, 1.807) is 7.05 Å². The zero-order valence-corrected chi connectivity index (χ0v) is 18.7. The summed E-state index contributed by atoms with van der Waals surface area (Å²) in [6.45, 7) is 6.28. The van der Waals surface area contributed by atoms with Crippen LogP contribution >= 0.6 is 0 Å². The molecule has 0 fully saturated rings. The summed E-state index contributed by atoms with van der Waals surface area (Å²) in [5, 5.41) is 12.5. The van der Waals surface area contributed by atoms with Crippen molar-refractivity contribution in [3.8, 4) is 0 Å². The maximum atomic E-state index is 13.4. The van der Waals surface area contributed by atoms with E-state index in [1.165, 1.54) is 23.3 Å². The number of aromatic nitrogens is 3. The molecule has 0 saturated heterocycles. The van der Waals surface area contributed by atoms with Crippen LogP contribution in [0.2, 0.25) is 0 Å². The van der Waals surface area contributed by atoms with Crippen LogP contribution in [0.4, 0.5) is 4.39 Å². The number of rotatable bonds is 7. The highest BCUT2D eigenvalue weighted by Gasteiger charge is 2.12. The van der Waals surface area contributed by atoms with Crippen LogP contribution in [0.25, 0.3) is 10.9 Å². The Balaban J connectivity index is 1.33. The zero-order chi connectivity index (χ0) is 22.5. The predicted octanol–water partition coefficient (Wildman–Crippen LogP) is 4.08. The Bertz CT molecular complexity index is 1220. The summed E-state index contributed by atoms with van der Waals surface area (Å²) in [5.41, 5.74) is 6.56. The van der Waals surface area contributed by atoms with Gasteiger partial charge in [0.25, 0.3) is 0 Å². The van der Waals surface area contributed by atoms with E-state index in [0.29, 0.717) is 6.54 Å². The SMILES string of the molecule is CN=C(NCCc1c[nH]c2cc(F)ccc12)NCc1c(C)nn(Cc2ccccc2)c1C. The van der Waals surface area contributed by atoms with E-state index >= 15 is 0 Å². The van der Waals surface area contributed by atoms with E-state index < -0.39 is 0 Å². The van der Waals surface area contributed by atoms with Crippen molar-refractivity contribution in [2.45, 2.75) is 33.4 Å². The van der Waals surface area contributed by atoms with Gasteiger partial charge in [0.2, 0.25) is 0 Å². The fourth-order valence-corrected chi connectivity index (χ4v) is 3.97. The van der Waals surface area contributed by atoms with Crippen molar-refractivity contribution < 1.29 is 4.39 Å². The first-order valence-electron chi connectivity index (χ1n) is 10.8. The van der Waals surface area contributed by atoms with Crippen LogP contribution in [0, 0.1) is 19.7 Å². The van der Waals surface area contributed by atoms with Crippen molar-refractivity contribution in [1.82, 2.24) is 25.4 Å². The number of aryl methyl sites for hydroxylation is 1. The standard InChI is InChI=1S/C25H29FN6/c1-17-23(18(2)32(31-17)16-19-7-5-4-6-8-19)15-30-25(27-3)28-12-11-20-14-29-24-13-21(26)9-10-22(20)24/h4-10,13-14,29H,11-12,15-16H2,1-3H3,(H2,27,28,30). The molecule has 0 unspecified atom stereocenters. The number of benzene rings is 2. The largest absolute Gasteiger partial charge is 0.361 e. The molecule has 0 saturated carbocycles. The fraction of sp³-hybridized carbons (Fsp3) is 0.280. The third kappa shape index (κ3) is 4.82. The quantitative estimate of drug-likeness (QED) is 0.304. The third-order valence-corrected chi connectivity index (χ3v) is 5.78. The minimum Gasteiger partial charge on any atom is -0.361 e. The zero-order valence-electron chi connectivity index (χ0n) is 18.7. The first kappa shape index (κ1) is 21.6. The summed E-state index contributed by atoms with van der Waals surface area (Å²) < 4.78 is 15.4. The van der Waals surface area contributed by atoms with Crippen LogP contribution in [0.15, 0.2) is 59.7 Å². The van der Waals surface area contributed by atoms with Crippen molar-refractivity contribution in [2.24, 2.45) is 4.99 Å². The molecule has 7 heteroatoms. The van der Waals surface area contributed by atoms with Crippen LogP contribution in [-0.4, -0.2) is 34.3 Å². The molecule has 0 spiro atoms. The molecule has 166 valence electrons. The summed E-state index contributed by atoms with van der Waals surface area (Å²) in [4.78, 5) is 7.48. The number of aliphatic imine (C=N–C) groups is 1. The summed E-state index contributed by atoms with van der Waals surface area (Å²) in [6.07, 6.45) is 2.75. The molecule has 0 aliphatic heterocycles. The van der Waals surface area contributed by atoms with Gasteiger partial charge in [-0.1, -0.05) is 30.3 Å². The van der Waals surface area contributed by atoms with Gasteiger partial charge in [-0.3, -0.25) is 9.67 Å². The summed E-state index contributed by atoms with van der Waals surface area (Å²) in [5.74, 6) is 0.511. The molecule has 0 aliphatic rings. The number of guanidine groups is 1. The van der Waals surface area contributed by atoms with Gasteiger partial charge in [0.15, 0.2) is 5.96 Å². The monoisotopic (exact) mass is 432 g/mol. The molecule has 3 N–H and O–H groups in total. The van der Waals surface area contributed by atoms with Gasteiger partial charge < -0.3 is 15.6 Å². The second-order valence-electron chi connectivity index (χ2n) is 7.90. The molecule has 4 rings (SSSR count). The van der Waals surface area contributed by atoms with Crippen molar-refractivity contribution >= 4 is 16.9 Å². The first-order valence-corrected chi connectivity index (χ1v) is 10.8. The number of aromatic amines is 1. The van der Waals surface area contributed by atoms with Crippen LogP contribution in [0.5, 0.6) is 0 Å². The molecule has 2 aromatic heterocycles. The Morgan fingerprint density at radius 3 is 2.72 bits per heavy atom. The van der Waals surface area contributed by atoms with E-state index in [4.69, 9.17) is 5.10 Å². The Kier molecular flexibility index (Phi) is 6.54. The maximum absolute atomic E-state index is 13.4. The molecular weight excluding hydrogens is 403 g/mol. The van der Waals surface area contributed by atoms with Crippen LogP contribution in [0.1, 0.15) is 28.1 Å². The van der Waals surface area contributed by atoms with Crippen molar-refractivity contribution in [1.29, 1.82) is 0 Å². The highest BCUT2D eigenvalue weighted by atomic mass is 19.1. The fourth-order valence-electron chi connectivity index (χ4n) is 3.97. The normalized spacial score (nSPS) is 11.8. The molecule has 0 bridgehead atoms. The molecule has 2 heterocycles. The Hall–Kier alpha value is -3.61. The summed E-state index contributed by atoms with van der Waals surface area (Å²) >= 11 is 0. The Labute approximate surface area is 187 Å². The lowest BCUT2D eigenvalue weighted by Gasteiger charge is -2.12. The van der Waals surface area contributed by atoms with E-state index in [0.717, 1.165) is 53.3 Å². The van der Waals surface area contributed by atoms with E-state index in [2.05, 4.69) is 44.3 Å². The minimum absolute atomic E-state index is 0.230. The second kappa shape index (κ2) is 9.68. The molecule has 6 nitrogen and oxygen atoms in total. The summed E-state index contributed by atoms with van der Waals surface area (Å²) in [7, 11) is 1.77. The van der Waals surface area contributed by atoms with Crippen molar-refractivity contribution in [3.05, 3.63) is 88.6 Å². The Morgan fingerprint density at radius 2 is 1.94 bits per heavy atom. The average molecular weight is 433 g/mol. The molecule has 2 aromatic carbocycles. The average Bonchev–Trinajstić information content (AvgIpc) is 3.31. The molecule has 0 amide bonds. The molecule has 4 aromatic rings. The summed E-state index contributed by atoms with van der Waals surface area (Å²) in [6, 6.07) is 15.2. The molecule has 0 aliphatic carbocycles. The van der Waals surface area contributed by atoms with Gasteiger partial charge in [0, 0.05) is 48.5 Å². The van der Waals surface area contributed by atoms with E-state index in [-0.39, 0.29) is 5.82 Å². The van der Waals surface area contributed by atoms with Gasteiger partial charge in [-0.05, 0) is 49.6 Å². The van der Waals surface area contributed by atoms with Crippen LogP contribution in [0.3, 0.4) is 0 Å². The number of fused-ring (bicyclic) bond motifs is 1. The minimum atomic E-state index is -0.230. The Morgan fingerprint density at radius 1 is 1.12 bits per heavy atom. The number of H-pyrrole nitrogens is 1. The maximum Gasteiger partial charge on any atom is 0.191 e. The van der Waals surface area contributed by atoms with E-state index in [9.17, 15) is 4.39 Å². The number of hydrogen-bond donors (Lipinski definition) is 3. The van der Waals surface area contributed by atoms with Crippen molar-refractivity contribution in [3.63, 3.8) is 0 Å². The lowest BCUT2D eigenvalue weighted by Crippen LogP contribution is -2.38. The number of nitrogens with one attached hydrogen (secondary N) is 3. The highest BCUT2D eigenvalue weighted by molar-refractivity contribution is 5.83. The number of halogens is 1. The second-order valence-corrected chi connectivity index (χ2v) is 7.90. The van der Waals surface area contributed by atoms with Gasteiger partial charge >= 0.3 is 0 Å². The highest BCUT2D eigenvalue weighted by Crippen LogP contribution is 2.19. The predicted molar refractivity (Wildman–Crippen MR) is 127 cm³/mol. The van der Waals surface area contributed by atoms with Crippen LogP contribution in [-0.2, 0) is 19.5 Å². The van der Waals surface area contributed by atoms with Gasteiger partial charge in [-0.2, -0.15) is 5.10 Å². The van der Waals surface area contributed by atoms with Crippen molar-refractivity contribution in [2.75, 3.05) is 13.6 Å². The van der Waals surface area contributed by atoms with Gasteiger partial charge in [0.1, 0.15) is 5.82 Å². The van der Waals surface area contributed by atoms with E-state index in [1.807, 2.05) is 37.4 Å². The molecular formula is C25H29FN6. The molecule has 0 radical (unpaired) electrons. The van der Waals surface area contributed by atoms with Gasteiger partial charge in [-0.15, -0.1) is 0 Å². The van der Waals surface area contributed by atoms with Gasteiger partial charge in [0.05, 0.1) is 12.2 Å². The third-order valence-electron chi connectivity index (χ3n) is 5.78. The first-order chi connectivity index (χ1) is 15.5. The number of hydrogen-bond acceptors (Lipinski definition) is 2. The van der Waals surface area contributed by atoms with Crippen LogP contribution < -0.4 is 10.6 Å². The van der Waals surface area contributed by atoms with Gasteiger partial charge in [-0.25, -0.2) is 4.39 Å². The topological polar surface area (TPSA) is 70.0 Å². The lowest BCUT2D eigenvalue weighted by molar-refractivity contribution is 0.629.